The molecule has 0 saturated heterocycles. The third-order valence-corrected chi connectivity index (χ3v) is 4.17. The largest absolute Gasteiger partial charge is 0.454 e. The predicted molar refractivity (Wildman–Crippen MR) is 95.8 cm³/mol. The summed E-state index contributed by atoms with van der Waals surface area (Å²) < 4.78 is 11.7. The fourth-order valence-corrected chi connectivity index (χ4v) is 2.55. The molecule has 1 amide bonds. The fourth-order valence-electron chi connectivity index (χ4n) is 2.09. The van der Waals surface area contributed by atoms with Crippen LogP contribution in [0.4, 0.5) is 4.79 Å². The highest BCUT2D eigenvalue weighted by atomic mass is 127. The summed E-state index contributed by atoms with van der Waals surface area (Å²) >= 11 is 2.15. The summed E-state index contributed by atoms with van der Waals surface area (Å²) in [4.78, 5) is 11.8. The van der Waals surface area contributed by atoms with Gasteiger partial charge in [0.15, 0.2) is 3.77 Å². The quantitative estimate of drug-likeness (QED) is 0.651. The van der Waals surface area contributed by atoms with Crippen LogP contribution in [0.3, 0.4) is 0 Å². The molecule has 0 aliphatic rings. The number of hydrogen-bond acceptors (Lipinski definition) is 4. The number of carbonyl (C=O) groups is 1. The van der Waals surface area contributed by atoms with E-state index in [0.29, 0.717) is 13.1 Å². The smallest absolute Gasteiger partial charge is 0.407 e. The van der Waals surface area contributed by atoms with E-state index in [0.717, 1.165) is 22.4 Å². The molecule has 0 radical (unpaired) electrons. The van der Waals surface area contributed by atoms with Crippen molar-refractivity contribution in [3.05, 3.63) is 21.7 Å². The van der Waals surface area contributed by atoms with Gasteiger partial charge in [-0.05, 0) is 68.3 Å². The lowest BCUT2D eigenvalue weighted by Crippen LogP contribution is -2.53. The molecular weight excluding hydrogens is 395 g/mol. The number of carbonyl (C=O) groups excluding carboxylic acids is 1. The highest BCUT2D eigenvalue weighted by Crippen LogP contribution is 2.17. The Hall–Kier alpha value is -0.760. The Morgan fingerprint density at radius 3 is 2.36 bits per heavy atom. The zero-order chi connectivity index (χ0) is 16.8. The Bertz CT molecular complexity index is 476. The summed E-state index contributed by atoms with van der Waals surface area (Å²) in [5.74, 6) is 0.896. The predicted octanol–water partition coefficient (Wildman–Crippen LogP) is 4.06. The molecule has 0 aromatic carbocycles. The number of nitrogens with one attached hydrogen (secondary N) is 2. The van der Waals surface area contributed by atoms with Gasteiger partial charge in [-0.3, -0.25) is 0 Å². The van der Waals surface area contributed by atoms with E-state index in [4.69, 9.17) is 9.15 Å². The third-order valence-electron chi connectivity index (χ3n) is 3.59. The topological polar surface area (TPSA) is 63.5 Å². The second kappa shape index (κ2) is 8.19. The van der Waals surface area contributed by atoms with Crippen LogP contribution in [0.25, 0.3) is 0 Å². The molecule has 5 nitrogen and oxygen atoms in total. The summed E-state index contributed by atoms with van der Waals surface area (Å²) in [6, 6.07) is 3.91. The molecule has 6 heteroatoms. The Morgan fingerprint density at radius 1 is 1.27 bits per heavy atom. The van der Waals surface area contributed by atoms with Crippen LogP contribution in [0.2, 0.25) is 0 Å². The van der Waals surface area contributed by atoms with E-state index in [-0.39, 0.29) is 11.6 Å². The van der Waals surface area contributed by atoms with E-state index in [2.05, 4.69) is 47.1 Å². The van der Waals surface area contributed by atoms with Gasteiger partial charge in [-0.2, -0.15) is 0 Å². The summed E-state index contributed by atoms with van der Waals surface area (Å²) in [5, 5.41) is 6.38. The summed E-state index contributed by atoms with van der Waals surface area (Å²) in [6.07, 6.45) is 1.42. The summed E-state index contributed by atoms with van der Waals surface area (Å²) in [6.45, 7) is 11.0. The van der Waals surface area contributed by atoms with Crippen LogP contribution in [-0.4, -0.2) is 23.8 Å². The summed E-state index contributed by atoms with van der Waals surface area (Å²) in [5.41, 5.74) is -0.654. The van der Waals surface area contributed by atoms with E-state index in [1.807, 2.05) is 32.9 Å². The number of halogens is 1. The normalized spacial score (nSPS) is 12.3. The van der Waals surface area contributed by atoms with Gasteiger partial charge < -0.3 is 19.8 Å². The summed E-state index contributed by atoms with van der Waals surface area (Å²) in [7, 11) is 0. The zero-order valence-corrected chi connectivity index (χ0v) is 16.2. The van der Waals surface area contributed by atoms with E-state index >= 15 is 0 Å². The van der Waals surface area contributed by atoms with Gasteiger partial charge in [0.25, 0.3) is 0 Å². The maximum atomic E-state index is 11.8. The van der Waals surface area contributed by atoms with Crippen molar-refractivity contribution in [2.45, 2.75) is 65.1 Å². The highest BCUT2D eigenvalue weighted by molar-refractivity contribution is 14.1. The molecule has 0 fully saturated rings. The van der Waals surface area contributed by atoms with Crippen molar-refractivity contribution < 1.29 is 13.9 Å². The molecule has 0 spiro atoms. The minimum absolute atomic E-state index is 0.171. The first-order chi connectivity index (χ1) is 10.2. The molecule has 1 aromatic heterocycles. The van der Waals surface area contributed by atoms with Crippen LogP contribution >= 0.6 is 22.6 Å². The van der Waals surface area contributed by atoms with Crippen molar-refractivity contribution in [3.8, 4) is 0 Å². The number of hydrogen-bond donors (Lipinski definition) is 2. The Labute approximate surface area is 146 Å². The average molecular weight is 422 g/mol. The minimum atomic E-state index is -0.483. The molecule has 0 bridgehead atoms. The van der Waals surface area contributed by atoms with Gasteiger partial charge in [0, 0.05) is 12.1 Å². The van der Waals surface area contributed by atoms with Crippen LogP contribution in [0.15, 0.2) is 16.5 Å². The lowest BCUT2D eigenvalue weighted by Gasteiger charge is -2.33. The molecule has 0 saturated carbocycles. The average Bonchev–Trinajstić information content (AvgIpc) is 2.84. The van der Waals surface area contributed by atoms with E-state index in [1.54, 1.807) is 0 Å². The van der Waals surface area contributed by atoms with Crippen molar-refractivity contribution in [2.24, 2.45) is 0 Å². The van der Waals surface area contributed by atoms with Crippen LogP contribution in [0, 0.1) is 3.77 Å². The Balaban J connectivity index is 2.56. The number of rotatable bonds is 7. The standard InChI is InChI=1S/C16H27IN2O3/c1-6-16(7-2,11-18-14(20)22-15(3,4)5)19-10-12-8-9-13(17)21-12/h8-9,19H,6-7,10-11H2,1-5H3,(H,18,20). The van der Waals surface area contributed by atoms with Crippen LogP contribution in [0.1, 0.15) is 53.2 Å². The van der Waals surface area contributed by atoms with Crippen molar-refractivity contribution in [1.29, 1.82) is 0 Å². The van der Waals surface area contributed by atoms with Gasteiger partial charge in [-0.1, -0.05) is 13.8 Å². The van der Waals surface area contributed by atoms with Crippen LogP contribution < -0.4 is 10.6 Å². The van der Waals surface area contributed by atoms with Gasteiger partial charge in [-0.25, -0.2) is 4.79 Å². The number of amides is 1. The zero-order valence-electron chi connectivity index (χ0n) is 14.1. The first-order valence-electron chi connectivity index (χ1n) is 7.66. The molecule has 1 heterocycles. The van der Waals surface area contributed by atoms with Crippen molar-refractivity contribution in [3.63, 3.8) is 0 Å². The number of furan rings is 1. The number of ether oxygens (including phenoxy) is 1. The first kappa shape index (κ1) is 19.3. The molecule has 126 valence electrons. The second-order valence-corrected chi connectivity index (χ2v) is 7.47. The molecule has 1 aromatic rings. The first-order valence-corrected chi connectivity index (χ1v) is 8.73. The van der Waals surface area contributed by atoms with Gasteiger partial charge >= 0.3 is 6.09 Å². The molecule has 2 N–H and O–H groups in total. The van der Waals surface area contributed by atoms with E-state index < -0.39 is 5.60 Å². The van der Waals surface area contributed by atoms with Crippen molar-refractivity contribution >= 4 is 28.7 Å². The SMILES string of the molecule is CCC(CC)(CNC(=O)OC(C)(C)C)NCc1ccc(I)o1. The van der Waals surface area contributed by atoms with Gasteiger partial charge in [0.2, 0.25) is 0 Å². The molecule has 0 aliphatic heterocycles. The molecule has 0 atom stereocenters. The van der Waals surface area contributed by atoms with Gasteiger partial charge in [0.1, 0.15) is 11.4 Å². The maximum absolute atomic E-state index is 11.8. The van der Waals surface area contributed by atoms with E-state index in [1.165, 1.54) is 0 Å². The van der Waals surface area contributed by atoms with Crippen molar-refractivity contribution in [2.75, 3.05) is 6.54 Å². The lowest BCUT2D eigenvalue weighted by atomic mass is 9.92. The third kappa shape index (κ3) is 6.56. The lowest BCUT2D eigenvalue weighted by molar-refractivity contribution is 0.0506. The molecule has 0 aliphatic carbocycles. The van der Waals surface area contributed by atoms with E-state index in [9.17, 15) is 4.79 Å². The monoisotopic (exact) mass is 422 g/mol. The second-order valence-electron chi connectivity index (χ2n) is 6.40. The molecule has 0 unspecified atom stereocenters. The van der Waals surface area contributed by atoms with Gasteiger partial charge in [-0.15, -0.1) is 0 Å². The fraction of sp³-hybridized carbons (Fsp3) is 0.688. The molecular formula is C16H27IN2O3. The van der Waals surface area contributed by atoms with Gasteiger partial charge in [0.05, 0.1) is 6.54 Å². The number of alkyl carbamates (subject to hydrolysis) is 1. The Morgan fingerprint density at radius 2 is 1.91 bits per heavy atom. The minimum Gasteiger partial charge on any atom is -0.454 e. The maximum Gasteiger partial charge on any atom is 0.407 e. The Kier molecular flexibility index (Phi) is 7.18. The van der Waals surface area contributed by atoms with Crippen LogP contribution in [0.5, 0.6) is 0 Å². The van der Waals surface area contributed by atoms with Crippen molar-refractivity contribution in [1.82, 2.24) is 10.6 Å². The highest BCUT2D eigenvalue weighted by Gasteiger charge is 2.27. The van der Waals surface area contributed by atoms with Crippen LogP contribution in [-0.2, 0) is 11.3 Å². The molecule has 22 heavy (non-hydrogen) atoms. The molecule has 1 rings (SSSR count).